The molecule has 2 rings (SSSR count). The highest BCUT2D eigenvalue weighted by Gasteiger charge is 2.04. The highest BCUT2D eigenvalue weighted by Crippen LogP contribution is 2.12. The second-order valence-corrected chi connectivity index (χ2v) is 4.74. The number of rotatable bonds is 6. The molecule has 1 N–H and O–H groups in total. The Labute approximate surface area is 113 Å². The molecule has 0 aliphatic heterocycles. The largest absolute Gasteiger partial charge is 0.329 e. The van der Waals surface area contributed by atoms with Gasteiger partial charge < -0.3 is 14.5 Å². The second kappa shape index (κ2) is 6.11. The third-order valence-electron chi connectivity index (χ3n) is 3.33. The molecule has 0 aliphatic rings. The highest BCUT2D eigenvalue weighted by atomic mass is 32.1. The average Bonchev–Trinajstić information content (AvgIpc) is 2.71. The Morgan fingerprint density at radius 2 is 2.17 bits per heavy atom. The van der Waals surface area contributed by atoms with Crippen LogP contribution in [0, 0.1) is 4.77 Å². The Balaban J connectivity index is 2.08. The zero-order chi connectivity index (χ0) is 13.0. The van der Waals surface area contributed by atoms with Crippen LogP contribution >= 0.6 is 12.2 Å². The molecule has 0 fully saturated rings. The van der Waals surface area contributed by atoms with Gasteiger partial charge in [0, 0.05) is 12.7 Å². The van der Waals surface area contributed by atoms with Crippen molar-refractivity contribution in [1.29, 1.82) is 0 Å². The van der Waals surface area contributed by atoms with Crippen molar-refractivity contribution in [3.05, 3.63) is 23.2 Å². The van der Waals surface area contributed by atoms with Gasteiger partial charge in [-0.2, -0.15) is 0 Å². The molecule has 0 aromatic carbocycles. The first-order valence-electron chi connectivity index (χ1n) is 6.51. The van der Waals surface area contributed by atoms with E-state index in [1.54, 1.807) is 0 Å². The first-order valence-corrected chi connectivity index (χ1v) is 6.92. The number of aromatic nitrogens is 3. The maximum absolute atomic E-state index is 5.35. The van der Waals surface area contributed by atoms with Crippen LogP contribution in [0.25, 0.3) is 11.0 Å². The number of hydrogen-bond acceptors (Lipinski definition) is 3. The fraction of sp³-hybridized carbons (Fsp3) is 0.538. The molecule has 0 atom stereocenters. The minimum atomic E-state index is 0.789. The molecule has 0 saturated heterocycles. The summed E-state index contributed by atoms with van der Waals surface area (Å²) >= 11 is 5.35. The van der Waals surface area contributed by atoms with E-state index in [0.717, 1.165) is 48.4 Å². The Hall–Kier alpha value is -1.20. The quantitative estimate of drug-likeness (QED) is 0.815. The van der Waals surface area contributed by atoms with Gasteiger partial charge >= 0.3 is 0 Å². The monoisotopic (exact) mass is 264 g/mol. The van der Waals surface area contributed by atoms with Crippen LogP contribution in [0.5, 0.6) is 0 Å². The molecule has 98 valence electrons. The lowest BCUT2D eigenvalue weighted by Crippen LogP contribution is -2.24. The van der Waals surface area contributed by atoms with Gasteiger partial charge in [-0.1, -0.05) is 13.8 Å². The smallest absolute Gasteiger partial charge is 0.178 e. The van der Waals surface area contributed by atoms with Crippen molar-refractivity contribution in [2.24, 2.45) is 0 Å². The highest BCUT2D eigenvalue weighted by molar-refractivity contribution is 7.71. The Morgan fingerprint density at radius 1 is 1.39 bits per heavy atom. The molecular weight excluding hydrogens is 244 g/mol. The van der Waals surface area contributed by atoms with Gasteiger partial charge in [-0.15, -0.1) is 0 Å². The molecule has 2 aromatic heterocycles. The fourth-order valence-electron chi connectivity index (χ4n) is 2.23. The molecule has 2 heterocycles. The first kappa shape index (κ1) is 13.2. The molecule has 0 saturated carbocycles. The van der Waals surface area contributed by atoms with Crippen molar-refractivity contribution in [2.45, 2.75) is 26.8 Å². The number of hydrogen-bond donors (Lipinski definition) is 1. The minimum Gasteiger partial charge on any atom is -0.329 e. The molecular formula is C13H20N4S. The van der Waals surface area contributed by atoms with Crippen molar-refractivity contribution < 1.29 is 0 Å². The third-order valence-corrected chi connectivity index (χ3v) is 3.65. The van der Waals surface area contributed by atoms with Crippen molar-refractivity contribution in [1.82, 2.24) is 19.4 Å². The summed E-state index contributed by atoms with van der Waals surface area (Å²) in [6, 6.07) is 2.01. The van der Waals surface area contributed by atoms with Crippen LogP contribution in [0.3, 0.4) is 0 Å². The zero-order valence-electron chi connectivity index (χ0n) is 11.0. The van der Waals surface area contributed by atoms with Crippen LogP contribution in [-0.4, -0.2) is 39.1 Å². The summed E-state index contributed by atoms with van der Waals surface area (Å²) in [6.45, 7) is 8.70. The van der Waals surface area contributed by atoms with E-state index in [1.165, 1.54) is 0 Å². The summed E-state index contributed by atoms with van der Waals surface area (Å²) in [5.74, 6) is 0. The lowest BCUT2D eigenvalue weighted by Gasteiger charge is -2.17. The van der Waals surface area contributed by atoms with E-state index in [0.29, 0.717) is 0 Å². The molecule has 4 nitrogen and oxygen atoms in total. The molecule has 2 aromatic rings. The standard InChI is InChI=1S/C13H20N4S/c1-3-16(4-2)8-5-9-17-12-6-7-14-10-11(12)15-13(17)18/h6-7,10H,3-5,8-9H2,1-2H3,(H,15,18). The number of nitrogens with one attached hydrogen (secondary N) is 1. The number of nitrogens with zero attached hydrogens (tertiary/aromatic N) is 3. The van der Waals surface area contributed by atoms with Crippen molar-refractivity contribution in [2.75, 3.05) is 19.6 Å². The van der Waals surface area contributed by atoms with E-state index in [-0.39, 0.29) is 0 Å². The minimum absolute atomic E-state index is 0.789. The Bertz CT molecular complexity index is 553. The molecule has 0 amide bonds. The van der Waals surface area contributed by atoms with Crippen molar-refractivity contribution in [3.63, 3.8) is 0 Å². The summed E-state index contributed by atoms with van der Waals surface area (Å²) in [5.41, 5.74) is 2.17. The van der Waals surface area contributed by atoms with Gasteiger partial charge in [0.1, 0.15) is 0 Å². The second-order valence-electron chi connectivity index (χ2n) is 4.36. The number of fused-ring (bicyclic) bond motifs is 1. The summed E-state index contributed by atoms with van der Waals surface area (Å²) in [5, 5.41) is 0. The van der Waals surface area contributed by atoms with E-state index >= 15 is 0 Å². The lowest BCUT2D eigenvalue weighted by molar-refractivity contribution is 0.293. The van der Waals surface area contributed by atoms with Gasteiger partial charge in [0.2, 0.25) is 0 Å². The maximum atomic E-state index is 5.35. The van der Waals surface area contributed by atoms with E-state index in [9.17, 15) is 0 Å². The van der Waals surface area contributed by atoms with Crippen molar-refractivity contribution >= 4 is 23.3 Å². The number of H-pyrrole nitrogens is 1. The van der Waals surface area contributed by atoms with Crippen LogP contribution < -0.4 is 0 Å². The summed E-state index contributed by atoms with van der Waals surface area (Å²) in [7, 11) is 0. The molecule has 0 spiro atoms. The third kappa shape index (κ3) is 2.79. The maximum Gasteiger partial charge on any atom is 0.178 e. The van der Waals surface area contributed by atoms with E-state index in [4.69, 9.17) is 12.2 Å². The number of pyridine rings is 1. The van der Waals surface area contributed by atoms with Crippen molar-refractivity contribution in [3.8, 4) is 0 Å². The van der Waals surface area contributed by atoms with Gasteiger partial charge in [-0.3, -0.25) is 4.98 Å². The van der Waals surface area contributed by atoms with Crippen LogP contribution in [0.4, 0.5) is 0 Å². The van der Waals surface area contributed by atoms with Gasteiger partial charge in [0.15, 0.2) is 4.77 Å². The van der Waals surface area contributed by atoms with Gasteiger partial charge in [0.05, 0.1) is 17.2 Å². The summed E-state index contributed by atoms with van der Waals surface area (Å²) in [6.07, 6.45) is 4.75. The molecule has 18 heavy (non-hydrogen) atoms. The Kier molecular flexibility index (Phi) is 4.49. The first-order chi connectivity index (χ1) is 8.76. The number of imidazole rings is 1. The zero-order valence-corrected chi connectivity index (χ0v) is 11.8. The number of aryl methyl sites for hydroxylation is 1. The SMILES string of the molecule is CCN(CC)CCCn1c(=S)[nH]c2cnccc21. The molecule has 0 aliphatic carbocycles. The predicted molar refractivity (Wildman–Crippen MR) is 77.3 cm³/mol. The predicted octanol–water partition coefficient (Wildman–Crippen LogP) is 2.83. The fourth-order valence-corrected chi connectivity index (χ4v) is 2.52. The molecule has 0 bridgehead atoms. The van der Waals surface area contributed by atoms with Crippen LogP contribution in [-0.2, 0) is 6.54 Å². The van der Waals surface area contributed by atoms with E-state index < -0.39 is 0 Å². The molecule has 0 unspecified atom stereocenters. The van der Waals surface area contributed by atoms with E-state index in [1.807, 2.05) is 18.5 Å². The Morgan fingerprint density at radius 3 is 2.89 bits per heavy atom. The normalized spacial score (nSPS) is 11.5. The van der Waals surface area contributed by atoms with Gasteiger partial charge in [-0.25, -0.2) is 0 Å². The van der Waals surface area contributed by atoms with Crippen LogP contribution in [0.15, 0.2) is 18.5 Å². The van der Waals surface area contributed by atoms with Crippen LogP contribution in [0.2, 0.25) is 0 Å². The lowest BCUT2D eigenvalue weighted by atomic mass is 10.3. The van der Waals surface area contributed by atoms with Gasteiger partial charge in [-0.05, 0) is 44.3 Å². The van der Waals surface area contributed by atoms with Gasteiger partial charge in [0.25, 0.3) is 0 Å². The topological polar surface area (TPSA) is 36.9 Å². The summed E-state index contributed by atoms with van der Waals surface area (Å²) < 4.78 is 2.95. The van der Waals surface area contributed by atoms with E-state index in [2.05, 4.69) is 33.3 Å². The number of aromatic amines is 1. The summed E-state index contributed by atoms with van der Waals surface area (Å²) in [4.78, 5) is 9.73. The molecule has 5 heteroatoms. The molecule has 0 radical (unpaired) electrons. The average molecular weight is 264 g/mol. The van der Waals surface area contributed by atoms with Crippen LogP contribution in [0.1, 0.15) is 20.3 Å².